The molecule has 4 heteroatoms. The Morgan fingerprint density at radius 3 is 2.80 bits per heavy atom. The van der Waals surface area contributed by atoms with Crippen LogP contribution in [0.3, 0.4) is 0 Å². The number of para-hydroxylation sites is 1. The first-order valence-electron chi connectivity index (χ1n) is 6.23. The lowest BCUT2D eigenvalue weighted by atomic mass is 10.2. The van der Waals surface area contributed by atoms with E-state index in [9.17, 15) is 5.26 Å². The largest absolute Gasteiger partial charge is 0.497 e. The van der Waals surface area contributed by atoms with Gasteiger partial charge < -0.3 is 15.0 Å². The van der Waals surface area contributed by atoms with Crippen LogP contribution in [0, 0.1) is 11.3 Å². The minimum absolute atomic E-state index is 0.614. The molecule has 0 spiro atoms. The summed E-state index contributed by atoms with van der Waals surface area (Å²) in [5.41, 5.74) is 2.42. The van der Waals surface area contributed by atoms with Gasteiger partial charge in [-0.3, -0.25) is 0 Å². The molecule has 0 saturated carbocycles. The topological polar surface area (TPSA) is 60.8 Å². The summed E-state index contributed by atoms with van der Waals surface area (Å²) < 4.78 is 5.19. The minimum Gasteiger partial charge on any atom is -0.497 e. The molecule has 98 valence electrons. The van der Waals surface area contributed by atoms with E-state index in [0.29, 0.717) is 11.4 Å². The maximum absolute atomic E-state index is 9.35. The Kier molecular flexibility index (Phi) is 3.02. The number of hydrogen-bond donors (Lipinski definition) is 2. The third kappa shape index (κ3) is 2.06. The van der Waals surface area contributed by atoms with Gasteiger partial charge in [0.15, 0.2) is 0 Å². The van der Waals surface area contributed by atoms with Crippen LogP contribution in [0.15, 0.2) is 48.5 Å². The van der Waals surface area contributed by atoms with E-state index in [1.54, 1.807) is 7.11 Å². The third-order valence-corrected chi connectivity index (χ3v) is 3.16. The van der Waals surface area contributed by atoms with Crippen molar-refractivity contribution in [1.29, 1.82) is 5.26 Å². The summed E-state index contributed by atoms with van der Waals surface area (Å²) in [6, 6.07) is 17.6. The van der Waals surface area contributed by atoms with Crippen LogP contribution in [0.4, 0.5) is 11.5 Å². The van der Waals surface area contributed by atoms with Gasteiger partial charge in [0.25, 0.3) is 0 Å². The van der Waals surface area contributed by atoms with Crippen LogP contribution in [0.5, 0.6) is 5.75 Å². The van der Waals surface area contributed by atoms with Crippen molar-refractivity contribution in [3.8, 4) is 11.8 Å². The van der Waals surface area contributed by atoms with Crippen molar-refractivity contribution >= 4 is 22.4 Å². The Morgan fingerprint density at radius 2 is 2.00 bits per heavy atom. The van der Waals surface area contributed by atoms with Crippen molar-refractivity contribution in [2.24, 2.45) is 0 Å². The first kappa shape index (κ1) is 12.1. The highest BCUT2D eigenvalue weighted by Crippen LogP contribution is 2.28. The van der Waals surface area contributed by atoms with Gasteiger partial charge in [0, 0.05) is 22.7 Å². The summed E-state index contributed by atoms with van der Waals surface area (Å²) in [5.74, 6) is 1.46. The number of fused-ring (bicyclic) bond motifs is 1. The highest BCUT2D eigenvalue weighted by atomic mass is 16.5. The monoisotopic (exact) mass is 263 g/mol. The van der Waals surface area contributed by atoms with Gasteiger partial charge in [0.05, 0.1) is 7.11 Å². The van der Waals surface area contributed by atoms with E-state index in [4.69, 9.17) is 4.74 Å². The van der Waals surface area contributed by atoms with Crippen LogP contribution in [-0.4, -0.2) is 12.1 Å². The molecular weight excluding hydrogens is 250 g/mol. The lowest BCUT2D eigenvalue weighted by molar-refractivity contribution is 0.415. The van der Waals surface area contributed by atoms with Crippen LogP contribution in [0.1, 0.15) is 5.56 Å². The van der Waals surface area contributed by atoms with Crippen molar-refractivity contribution in [1.82, 2.24) is 4.98 Å². The molecule has 20 heavy (non-hydrogen) atoms. The quantitative estimate of drug-likeness (QED) is 0.755. The molecule has 2 N–H and O–H groups in total. The van der Waals surface area contributed by atoms with Crippen LogP contribution >= 0.6 is 0 Å². The van der Waals surface area contributed by atoms with E-state index in [1.165, 1.54) is 0 Å². The molecule has 0 fully saturated rings. The summed E-state index contributed by atoms with van der Waals surface area (Å²) in [6.45, 7) is 0. The molecule has 0 radical (unpaired) electrons. The van der Waals surface area contributed by atoms with Crippen LogP contribution in [-0.2, 0) is 0 Å². The van der Waals surface area contributed by atoms with E-state index >= 15 is 0 Å². The molecule has 0 aliphatic rings. The molecule has 4 nitrogen and oxygen atoms in total. The van der Waals surface area contributed by atoms with Gasteiger partial charge in [-0.25, -0.2) is 0 Å². The number of aromatic nitrogens is 1. The van der Waals surface area contributed by atoms with Gasteiger partial charge in [-0.05, 0) is 18.2 Å². The van der Waals surface area contributed by atoms with E-state index in [-0.39, 0.29) is 0 Å². The number of hydrogen-bond acceptors (Lipinski definition) is 3. The first-order chi connectivity index (χ1) is 9.81. The number of benzene rings is 2. The number of nitrogens with zero attached hydrogens (tertiary/aromatic N) is 1. The van der Waals surface area contributed by atoms with E-state index in [2.05, 4.69) is 16.4 Å². The van der Waals surface area contributed by atoms with Crippen molar-refractivity contribution in [3.05, 3.63) is 54.1 Å². The maximum Gasteiger partial charge on any atom is 0.127 e. The molecule has 0 aliphatic carbocycles. The fourth-order valence-electron chi connectivity index (χ4n) is 2.20. The van der Waals surface area contributed by atoms with Gasteiger partial charge in [-0.2, -0.15) is 5.26 Å². The second kappa shape index (κ2) is 4.98. The minimum atomic E-state index is 0.614. The molecule has 0 atom stereocenters. The number of H-pyrrole nitrogens is 1. The predicted octanol–water partition coefficient (Wildman–Crippen LogP) is 3.79. The number of nitriles is 1. The normalized spacial score (nSPS) is 10.2. The van der Waals surface area contributed by atoms with Gasteiger partial charge in [-0.1, -0.05) is 24.3 Å². The maximum atomic E-state index is 9.35. The van der Waals surface area contributed by atoms with E-state index < -0.39 is 0 Å². The zero-order valence-electron chi connectivity index (χ0n) is 11.0. The molecule has 3 aromatic rings. The fraction of sp³-hybridized carbons (Fsp3) is 0.0625. The Morgan fingerprint density at radius 1 is 1.15 bits per heavy atom. The van der Waals surface area contributed by atoms with Gasteiger partial charge in [0.2, 0.25) is 0 Å². The number of anilines is 2. The zero-order chi connectivity index (χ0) is 13.9. The molecular formula is C16H13N3O. The van der Waals surface area contributed by atoms with Crippen molar-refractivity contribution < 1.29 is 4.74 Å². The third-order valence-electron chi connectivity index (χ3n) is 3.16. The van der Waals surface area contributed by atoms with Crippen LogP contribution in [0.2, 0.25) is 0 Å². The van der Waals surface area contributed by atoms with Crippen molar-refractivity contribution in [3.63, 3.8) is 0 Å². The molecule has 1 aromatic heterocycles. The fourth-order valence-corrected chi connectivity index (χ4v) is 2.20. The predicted molar refractivity (Wildman–Crippen MR) is 79.3 cm³/mol. The summed E-state index contributed by atoms with van der Waals surface area (Å²) in [7, 11) is 1.63. The highest BCUT2D eigenvalue weighted by molar-refractivity contribution is 5.92. The van der Waals surface area contributed by atoms with Crippen molar-refractivity contribution in [2.45, 2.75) is 0 Å². The van der Waals surface area contributed by atoms with E-state index in [1.807, 2.05) is 48.5 Å². The molecule has 3 rings (SSSR count). The standard InChI is InChI=1S/C16H13N3O/c1-20-12-6-4-5-11(9-12)18-16-14(10-17)13-7-2-3-8-15(13)19-16/h2-9,18-19H,1H3. The second-order valence-electron chi connectivity index (χ2n) is 4.39. The molecule has 0 aliphatic heterocycles. The molecule has 0 saturated heterocycles. The SMILES string of the molecule is COc1cccc(Nc2[nH]c3ccccc3c2C#N)c1. The van der Waals surface area contributed by atoms with Crippen LogP contribution in [0.25, 0.3) is 10.9 Å². The number of nitrogens with one attached hydrogen (secondary N) is 2. The number of aromatic amines is 1. The van der Waals surface area contributed by atoms with Gasteiger partial charge in [0.1, 0.15) is 23.2 Å². The smallest absolute Gasteiger partial charge is 0.127 e. The number of ether oxygens (including phenoxy) is 1. The molecule has 0 unspecified atom stereocenters. The Labute approximate surface area is 116 Å². The summed E-state index contributed by atoms with van der Waals surface area (Å²) in [6.07, 6.45) is 0. The highest BCUT2D eigenvalue weighted by Gasteiger charge is 2.10. The molecule has 2 aromatic carbocycles. The van der Waals surface area contributed by atoms with Gasteiger partial charge >= 0.3 is 0 Å². The number of methoxy groups -OCH3 is 1. The van der Waals surface area contributed by atoms with Gasteiger partial charge in [-0.15, -0.1) is 0 Å². The summed E-state index contributed by atoms with van der Waals surface area (Å²) in [4.78, 5) is 3.23. The lowest BCUT2D eigenvalue weighted by Crippen LogP contribution is -1.93. The average Bonchev–Trinajstić information content (AvgIpc) is 2.84. The molecule has 0 bridgehead atoms. The van der Waals surface area contributed by atoms with Crippen molar-refractivity contribution in [2.75, 3.05) is 12.4 Å². The Bertz CT molecular complexity index is 799. The first-order valence-corrected chi connectivity index (χ1v) is 6.23. The molecule has 0 amide bonds. The van der Waals surface area contributed by atoms with Crippen LogP contribution < -0.4 is 10.1 Å². The lowest BCUT2D eigenvalue weighted by Gasteiger charge is -2.06. The molecule has 1 heterocycles. The average molecular weight is 263 g/mol. The Hall–Kier alpha value is -2.93. The zero-order valence-corrected chi connectivity index (χ0v) is 11.0. The van der Waals surface area contributed by atoms with E-state index in [0.717, 1.165) is 22.3 Å². The Balaban J connectivity index is 2.04. The number of rotatable bonds is 3. The summed E-state index contributed by atoms with van der Waals surface area (Å²) >= 11 is 0. The second-order valence-corrected chi connectivity index (χ2v) is 4.39. The summed E-state index contributed by atoms with van der Waals surface area (Å²) in [5, 5.41) is 13.5.